The van der Waals surface area contributed by atoms with E-state index < -0.39 is 11.0 Å². The van der Waals surface area contributed by atoms with Crippen LogP contribution >= 0.6 is 0 Å². The minimum Gasteiger partial charge on any atom is -0.412 e. The van der Waals surface area contributed by atoms with Gasteiger partial charge in [-0.05, 0) is 12.1 Å². The summed E-state index contributed by atoms with van der Waals surface area (Å²) in [6.07, 6.45) is 4.91. The molecular formula is C10H19NO2S. The third-order valence-electron chi connectivity index (χ3n) is 1.11. The van der Waals surface area contributed by atoms with Gasteiger partial charge in [0.1, 0.15) is 0 Å². The van der Waals surface area contributed by atoms with Crippen molar-refractivity contribution < 1.29 is 11.1 Å². The molecule has 0 radical (unpaired) electrons. The monoisotopic (exact) mass is 217 g/mol. The van der Waals surface area contributed by atoms with Crippen molar-refractivity contribution in [1.82, 2.24) is 4.72 Å². The number of rotatable bonds is 2. The first-order valence-corrected chi connectivity index (χ1v) is 4.17. The number of nitrogens with one attached hydrogen (secondary N) is 1. The molecule has 1 atom stereocenters. The van der Waals surface area contributed by atoms with Gasteiger partial charge in [0.2, 0.25) is 0 Å². The summed E-state index contributed by atoms with van der Waals surface area (Å²) in [6, 6.07) is 11.1. The molecule has 82 valence electrons. The summed E-state index contributed by atoms with van der Waals surface area (Å²) in [7, 11) is -1.27. The Morgan fingerprint density at radius 1 is 1.29 bits per heavy atom. The van der Waals surface area contributed by atoms with Gasteiger partial charge in [0.15, 0.2) is 11.0 Å². The van der Waals surface area contributed by atoms with Crippen LogP contribution in [0.4, 0.5) is 0 Å². The molecule has 3 nitrogen and oxygen atoms in total. The highest BCUT2D eigenvalue weighted by Gasteiger charge is 1.97. The summed E-state index contributed by atoms with van der Waals surface area (Å²) in [5, 5.41) is 0. The van der Waals surface area contributed by atoms with Crippen LogP contribution < -0.4 is 4.72 Å². The van der Waals surface area contributed by atoms with Crippen molar-refractivity contribution in [1.29, 1.82) is 0 Å². The molecule has 0 aliphatic rings. The molecule has 1 rings (SSSR count). The molecule has 0 saturated heterocycles. The Morgan fingerprint density at radius 3 is 2.21 bits per heavy atom. The van der Waals surface area contributed by atoms with Gasteiger partial charge in [0.05, 0.1) is 4.90 Å². The lowest BCUT2D eigenvalue weighted by molar-refractivity contribution is 0.680. The predicted molar refractivity (Wildman–Crippen MR) is 64.0 cm³/mol. The van der Waals surface area contributed by atoms with E-state index in [1.807, 2.05) is 18.2 Å². The molecule has 0 aliphatic carbocycles. The van der Waals surface area contributed by atoms with E-state index in [4.69, 9.17) is 6.42 Å². The third-order valence-corrected chi connectivity index (χ3v) is 2.11. The zero-order valence-corrected chi connectivity index (χ0v) is 7.10. The van der Waals surface area contributed by atoms with Crippen LogP contribution in [0.25, 0.3) is 0 Å². The van der Waals surface area contributed by atoms with E-state index in [2.05, 4.69) is 10.8 Å². The number of terminal acetylenes is 1. The Hall–Kier alpha value is -1.31. The Morgan fingerprint density at radius 2 is 1.79 bits per heavy atom. The third kappa shape index (κ3) is 5.36. The zero-order chi connectivity index (χ0) is 8.10. The van der Waals surface area contributed by atoms with Crippen LogP contribution in [0.5, 0.6) is 0 Å². The maximum Gasteiger partial charge on any atom is 0.157 e. The topological polar surface area (TPSA) is 60.6 Å². The molecule has 1 aromatic carbocycles. The number of benzene rings is 1. The van der Waals surface area contributed by atoms with Crippen LogP contribution in [0.3, 0.4) is 0 Å². The summed E-state index contributed by atoms with van der Waals surface area (Å²) in [5.41, 5.74) is 0. The van der Waals surface area contributed by atoms with Crippen molar-refractivity contribution in [2.45, 2.75) is 19.7 Å². The molecule has 4 heteroatoms. The maximum absolute atomic E-state index is 11.1. The molecule has 0 fully saturated rings. The van der Waals surface area contributed by atoms with Gasteiger partial charge < -0.3 is 5.48 Å². The van der Waals surface area contributed by atoms with Gasteiger partial charge >= 0.3 is 0 Å². The molecule has 0 bridgehead atoms. The van der Waals surface area contributed by atoms with Gasteiger partial charge in [-0.1, -0.05) is 39.5 Å². The van der Waals surface area contributed by atoms with E-state index in [0.29, 0.717) is 4.90 Å². The van der Waals surface area contributed by atoms with Gasteiger partial charge in [-0.3, -0.25) is 4.72 Å². The molecular weight excluding hydrogens is 198 g/mol. The van der Waals surface area contributed by atoms with E-state index in [-0.39, 0.29) is 21.8 Å². The highest BCUT2D eigenvalue weighted by atomic mass is 32.2. The van der Waals surface area contributed by atoms with Crippen LogP contribution in [0, 0.1) is 12.5 Å². The average Bonchev–Trinajstić information content (AvgIpc) is 2.07. The zero-order valence-electron chi connectivity index (χ0n) is 6.28. The van der Waals surface area contributed by atoms with E-state index in [1.165, 1.54) is 0 Å². The molecule has 0 spiro atoms. The Kier molecular flexibility index (Phi) is 12.9. The van der Waals surface area contributed by atoms with Crippen LogP contribution in [0.2, 0.25) is 0 Å². The second kappa shape index (κ2) is 9.78. The van der Waals surface area contributed by atoms with E-state index >= 15 is 0 Å². The van der Waals surface area contributed by atoms with Gasteiger partial charge in [0.25, 0.3) is 0 Å². The standard InChI is InChI=1S/C8H7NOS.2CH4.H2O.H2/c1-2-9-11(10)8-6-4-3-5-7-8;;;;/h1,3-7,9H;2*1H4;1H2;1H. The smallest absolute Gasteiger partial charge is 0.157 e. The molecule has 0 aromatic heterocycles. The predicted octanol–water partition coefficient (Wildman–Crippen LogP) is 1.58. The normalized spacial score (nSPS) is 9.07. The summed E-state index contributed by atoms with van der Waals surface area (Å²) < 4.78 is 13.5. The van der Waals surface area contributed by atoms with Gasteiger partial charge in [-0.2, -0.15) is 0 Å². The highest BCUT2D eigenvalue weighted by Crippen LogP contribution is 2.01. The summed E-state index contributed by atoms with van der Waals surface area (Å²) in [4.78, 5) is 0.686. The number of hydrogen-bond acceptors (Lipinski definition) is 1. The lowest BCUT2D eigenvalue weighted by atomic mass is 10.4. The quantitative estimate of drug-likeness (QED) is 0.593. The second-order valence-corrected chi connectivity index (χ2v) is 3.04. The van der Waals surface area contributed by atoms with E-state index in [1.54, 1.807) is 12.1 Å². The Bertz CT molecular complexity index is 298. The fourth-order valence-corrected chi connectivity index (χ4v) is 1.29. The van der Waals surface area contributed by atoms with Crippen molar-refractivity contribution in [2.24, 2.45) is 0 Å². The fourth-order valence-electron chi connectivity index (χ4n) is 0.657. The fraction of sp³-hybridized carbons (Fsp3) is 0.200. The van der Waals surface area contributed by atoms with Crippen molar-refractivity contribution in [3.05, 3.63) is 30.3 Å². The summed E-state index contributed by atoms with van der Waals surface area (Å²) >= 11 is 0. The van der Waals surface area contributed by atoms with Gasteiger partial charge in [-0.25, -0.2) is 4.21 Å². The first-order chi connectivity index (χ1) is 5.34. The molecule has 14 heavy (non-hydrogen) atoms. The first kappa shape index (κ1) is 18.5. The number of hydrogen-bond donors (Lipinski definition) is 1. The minimum absolute atomic E-state index is 0. The first-order valence-electron chi connectivity index (χ1n) is 3.02. The molecule has 0 heterocycles. The molecule has 3 N–H and O–H groups in total. The van der Waals surface area contributed by atoms with Crippen LogP contribution in [-0.2, 0) is 11.0 Å². The SMILES string of the molecule is C.C.C#CNS(=O)c1ccccc1.O.[HH]. The van der Waals surface area contributed by atoms with E-state index in [9.17, 15) is 4.21 Å². The van der Waals surface area contributed by atoms with Crippen molar-refractivity contribution in [2.75, 3.05) is 0 Å². The van der Waals surface area contributed by atoms with Gasteiger partial charge in [-0.15, -0.1) is 0 Å². The lowest BCUT2D eigenvalue weighted by Crippen LogP contribution is -2.09. The van der Waals surface area contributed by atoms with Crippen LogP contribution in [-0.4, -0.2) is 9.69 Å². The Balaban J connectivity index is -0.000000151. The second-order valence-electron chi connectivity index (χ2n) is 1.83. The van der Waals surface area contributed by atoms with Crippen molar-refractivity contribution >= 4 is 11.0 Å². The van der Waals surface area contributed by atoms with E-state index in [0.717, 1.165) is 0 Å². The van der Waals surface area contributed by atoms with Gasteiger partial charge in [0, 0.05) is 7.47 Å². The Labute approximate surface area is 89.9 Å². The summed E-state index contributed by atoms with van der Waals surface area (Å²) in [5.74, 6) is 0. The maximum atomic E-state index is 11.1. The van der Waals surface area contributed by atoms with Crippen LogP contribution in [0.15, 0.2) is 35.2 Å². The van der Waals surface area contributed by atoms with Crippen LogP contribution in [0.1, 0.15) is 16.3 Å². The average molecular weight is 217 g/mol. The van der Waals surface area contributed by atoms with Crippen molar-refractivity contribution in [3.8, 4) is 12.5 Å². The largest absolute Gasteiger partial charge is 0.412 e. The highest BCUT2D eigenvalue weighted by molar-refractivity contribution is 7.83. The molecule has 1 unspecified atom stereocenters. The molecule has 0 aliphatic heterocycles. The van der Waals surface area contributed by atoms with Crippen molar-refractivity contribution in [3.63, 3.8) is 0 Å². The molecule has 0 amide bonds. The molecule has 0 saturated carbocycles. The summed E-state index contributed by atoms with van der Waals surface area (Å²) in [6.45, 7) is 0. The molecule has 1 aromatic rings. The lowest BCUT2D eigenvalue weighted by Gasteiger charge is -1.96. The minimum atomic E-state index is -1.27.